The molecule has 1 aliphatic rings. The third kappa shape index (κ3) is 3.36. The SMILES string of the molecule is C#CCCN1CCN(c2nn3cc(-c4ccc(F)cc4)nc3s2)CC1. The molecule has 0 N–H and O–H groups in total. The zero-order valence-electron chi connectivity index (χ0n) is 13.7. The van der Waals surface area contributed by atoms with Crippen molar-refractivity contribution in [3.8, 4) is 23.6 Å². The lowest BCUT2D eigenvalue weighted by atomic mass is 10.2. The zero-order chi connectivity index (χ0) is 17.2. The number of halogens is 1. The summed E-state index contributed by atoms with van der Waals surface area (Å²) in [4.78, 5) is 10.2. The molecule has 0 spiro atoms. The highest BCUT2D eigenvalue weighted by Crippen LogP contribution is 2.27. The Morgan fingerprint density at radius 1 is 1.16 bits per heavy atom. The molecule has 0 amide bonds. The lowest BCUT2D eigenvalue weighted by Crippen LogP contribution is -2.46. The molecule has 4 rings (SSSR count). The second-order valence-electron chi connectivity index (χ2n) is 6.03. The number of anilines is 1. The molecule has 0 aliphatic carbocycles. The van der Waals surface area contributed by atoms with Gasteiger partial charge in [0.25, 0.3) is 0 Å². The van der Waals surface area contributed by atoms with Crippen LogP contribution in [0, 0.1) is 18.2 Å². The summed E-state index contributed by atoms with van der Waals surface area (Å²) >= 11 is 1.58. The maximum atomic E-state index is 13.0. The van der Waals surface area contributed by atoms with Crippen molar-refractivity contribution in [2.75, 3.05) is 37.6 Å². The van der Waals surface area contributed by atoms with E-state index in [4.69, 9.17) is 6.42 Å². The van der Waals surface area contributed by atoms with E-state index >= 15 is 0 Å². The van der Waals surface area contributed by atoms with Crippen molar-refractivity contribution < 1.29 is 4.39 Å². The number of hydrogen-bond acceptors (Lipinski definition) is 5. The van der Waals surface area contributed by atoms with Crippen LogP contribution in [0.1, 0.15) is 6.42 Å². The highest BCUT2D eigenvalue weighted by atomic mass is 32.1. The minimum absolute atomic E-state index is 0.244. The molecule has 0 bridgehead atoms. The fourth-order valence-corrected chi connectivity index (χ4v) is 3.90. The van der Waals surface area contributed by atoms with Gasteiger partial charge in [0.15, 0.2) is 0 Å². The van der Waals surface area contributed by atoms with Crippen molar-refractivity contribution in [3.63, 3.8) is 0 Å². The molecule has 3 aromatic rings. The Kier molecular flexibility index (Phi) is 4.38. The number of nitrogens with zero attached hydrogens (tertiary/aromatic N) is 5. The van der Waals surface area contributed by atoms with Crippen molar-refractivity contribution in [1.82, 2.24) is 19.5 Å². The van der Waals surface area contributed by atoms with Crippen LogP contribution >= 0.6 is 11.3 Å². The molecule has 25 heavy (non-hydrogen) atoms. The van der Waals surface area contributed by atoms with Gasteiger partial charge in [-0.25, -0.2) is 13.9 Å². The largest absolute Gasteiger partial charge is 0.344 e. The van der Waals surface area contributed by atoms with E-state index in [-0.39, 0.29) is 5.82 Å². The number of piperazine rings is 1. The van der Waals surface area contributed by atoms with E-state index in [0.29, 0.717) is 0 Å². The predicted octanol–water partition coefficient (Wildman–Crippen LogP) is 2.74. The van der Waals surface area contributed by atoms with Gasteiger partial charge >= 0.3 is 0 Å². The van der Waals surface area contributed by atoms with Gasteiger partial charge in [-0.1, -0.05) is 11.3 Å². The average molecular weight is 355 g/mol. The number of imidazole rings is 1. The Morgan fingerprint density at radius 3 is 2.60 bits per heavy atom. The topological polar surface area (TPSA) is 36.7 Å². The maximum absolute atomic E-state index is 13.0. The van der Waals surface area contributed by atoms with Crippen LogP contribution in [0.2, 0.25) is 0 Å². The summed E-state index contributed by atoms with van der Waals surface area (Å²) in [5.41, 5.74) is 1.70. The van der Waals surface area contributed by atoms with E-state index in [1.54, 1.807) is 23.5 Å². The summed E-state index contributed by atoms with van der Waals surface area (Å²) in [5.74, 6) is 2.45. The quantitative estimate of drug-likeness (QED) is 0.675. The summed E-state index contributed by atoms with van der Waals surface area (Å²) in [6.07, 6.45) is 8.03. The summed E-state index contributed by atoms with van der Waals surface area (Å²) in [7, 11) is 0. The van der Waals surface area contributed by atoms with E-state index < -0.39 is 0 Å². The van der Waals surface area contributed by atoms with Gasteiger partial charge in [-0.05, 0) is 24.3 Å². The molecule has 0 unspecified atom stereocenters. The van der Waals surface area contributed by atoms with Gasteiger partial charge in [-0.15, -0.1) is 17.4 Å². The van der Waals surface area contributed by atoms with Crippen LogP contribution in [0.25, 0.3) is 16.2 Å². The van der Waals surface area contributed by atoms with Crippen LogP contribution in [0.3, 0.4) is 0 Å². The first-order valence-electron chi connectivity index (χ1n) is 8.26. The average Bonchev–Trinajstić information content (AvgIpc) is 3.20. The van der Waals surface area contributed by atoms with Crippen LogP contribution in [-0.2, 0) is 0 Å². The summed E-state index contributed by atoms with van der Waals surface area (Å²) in [6, 6.07) is 6.36. The maximum Gasteiger partial charge on any atom is 0.214 e. The molecular formula is C18H18FN5S. The highest BCUT2D eigenvalue weighted by Gasteiger charge is 2.20. The van der Waals surface area contributed by atoms with Crippen LogP contribution < -0.4 is 4.90 Å². The number of benzene rings is 1. The first kappa shape index (κ1) is 16.1. The van der Waals surface area contributed by atoms with Gasteiger partial charge in [0, 0.05) is 44.7 Å². The molecule has 0 radical (unpaired) electrons. The van der Waals surface area contributed by atoms with Gasteiger partial charge < -0.3 is 4.90 Å². The molecule has 5 nitrogen and oxygen atoms in total. The van der Waals surface area contributed by atoms with E-state index in [1.807, 2.05) is 10.7 Å². The third-order valence-corrected chi connectivity index (χ3v) is 5.37. The van der Waals surface area contributed by atoms with Crippen molar-refractivity contribution in [2.24, 2.45) is 0 Å². The predicted molar refractivity (Wildman–Crippen MR) is 98.4 cm³/mol. The first-order valence-corrected chi connectivity index (χ1v) is 9.07. The van der Waals surface area contributed by atoms with Crippen LogP contribution in [-0.4, -0.2) is 52.2 Å². The molecule has 2 aromatic heterocycles. The van der Waals surface area contributed by atoms with Gasteiger partial charge in [0.05, 0.1) is 11.9 Å². The lowest BCUT2D eigenvalue weighted by Gasteiger charge is -2.33. The molecule has 128 valence electrons. The minimum Gasteiger partial charge on any atom is -0.344 e. The van der Waals surface area contributed by atoms with Gasteiger partial charge in [-0.2, -0.15) is 0 Å². The molecule has 1 saturated heterocycles. The van der Waals surface area contributed by atoms with Crippen molar-refractivity contribution in [1.29, 1.82) is 0 Å². The zero-order valence-corrected chi connectivity index (χ0v) is 14.5. The van der Waals surface area contributed by atoms with Gasteiger partial charge in [0.1, 0.15) is 5.82 Å². The van der Waals surface area contributed by atoms with Crippen LogP contribution in [0.15, 0.2) is 30.5 Å². The highest BCUT2D eigenvalue weighted by molar-refractivity contribution is 7.20. The minimum atomic E-state index is -0.244. The molecule has 0 atom stereocenters. The molecule has 3 heterocycles. The summed E-state index contributed by atoms with van der Waals surface area (Å²) < 4.78 is 14.9. The van der Waals surface area contributed by atoms with E-state index in [2.05, 4.69) is 25.8 Å². The molecular weight excluding hydrogens is 337 g/mol. The fourth-order valence-electron chi connectivity index (χ4n) is 2.96. The molecule has 1 aromatic carbocycles. The Bertz CT molecular complexity index is 868. The third-order valence-electron chi connectivity index (χ3n) is 4.39. The normalized spacial score (nSPS) is 15.6. The molecule has 1 fully saturated rings. The molecule has 1 aliphatic heterocycles. The Balaban J connectivity index is 1.47. The van der Waals surface area contributed by atoms with Crippen molar-refractivity contribution in [2.45, 2.75) is 6.42 Å². The number of rotatable bonds is 4. The van der Waals surface area contributed by atoms with Gasteiger partial charge in [0.2, 0.25) is 10.1 Å². The lowest BCUT2D eigenvalue weighted by molar-refractivity contribution is 0.263. The first-order chi connectivity index (χ1) is 12.2. The Morgan fingerprint density at radius 2 is 1.92 bits per heavy atom. The van der Waals surface area contributed by atoms with Crippen molar-refractivity contribution in [3.05, 3.63) is 36.3 Å². The van der Waals surface area contributed by atoms with E-state index in [9.17, 15) is 4.39 Å². The van der Waals surface area contributed by atoms with Crippen LogP contribution in [0.5, 0.6) is 0 Å². The summed E-state index contributed by atoms with van der Waals surface area (Å²) in [5, 5.41) is 5.65. The second-order valence-corrected chi connectivity index (χ2v) is 6.96. The number of hydrogen-bond donors (Lipinski definition) is 0. The second kappa shape index (κ2) is 6.82. The fraction of sp³-hybridized carbons (Fsp3) is 0.333. The smallest absolute Gasteiger partial charge is 0.214 e. The molecule has 7 heteroatoms. The van der Waals surface area contributed by atoms with Crippen LogP contribution in [0.4, 0.5) is 9.52 Å². The van der Waals surface area contributed by atoms with E-state index in [0.717, 1.165) is 60.5 Å². The van der Waals surface area contributed by atoms with Gasteiger partial charge in [-0.3, -0.25) is 4.90 Å². The Hall–Kier alpha value is -2.43. The number of terminal acetylenes is 1. The standard InChI is InChI=1S/C18H18FN5S/c1-2-3-8-22-9-11-23(12-10-22)18-21-24-13-16(20-17(24)25-18)14-4-6-15(19)7-5-14/h1,4-7,13H,3,8-12H2. The number of aromatic nitrogens is 3. The van der Waals surface area contributed by atoms with E-state index in [1.165, 1.54) is 12.1 Å². The van der Waals surface area contributed by atoms with Crippen molar-refractivity contribution >= 4 is 21.4 Å². The molecule has 0 saturated carbocycles. The number of fused-ring (bicyclic) bond motifs is 1. The monoisotopic (exact) mass is 355 g/mol. The Labute approximate surface area is 149 Å². The summed E-state index contributed by atoms with van der Waals surface area (Å²) in [6.45, 7) is 4.87.